The maximum atomic E-state index is 5.43. The van der Waals surface area contributed by atoms with Crippen molar-refractivity contribution < 1.29 is 4.74 Å². The van der Waals surface area contributed by atoms with Crippen LogP contribution in [0.2, 0.25) is 0 Å². The van der Waals surface area contributed by atoms with Gasteiger partial charge in [0.1, 0.15) is 5.75 Å². The molecule has 0 N–H and O–H groups in total. The Morgan fingerprint density at radius 2 is 1.74 bits per heavy atom. The van der Waals surface area contributed by atoms with Gasteiger partial charge in [-0.15, -0.1) is 0 Å². The number of allylic oxidation sites excluding steroid dienone is 1. The lowest BCUT2D eigenvalue weighted by atomic mass is 9.80. The predicted molar refractivity (Wildman–Crippen MR) is 130 cm³/mol. The van der Waals surface area contributed by atoms with Crippen LogP contribution in [0.5, 0.6) is 5.75 Å². The summed E-state index contributed by atoms with van der Waals surface area (Å²) >= 11 is 0. The van der Waals surface area contributed by atoms with Crippen molar-refractivity contribution in [3.63, 3.8) is 0 Å². The Morgan fingerprint density at radius 3 is 2.42 bits per heavy atom. The standard InChI is InChI=1S/C27H37N3O/c1-28(2)27(24-8-6-5-7-9-24)14-16-30(17-15-27)19-18-29(3)21-23-11-10-22-12-13-25(31-4)20-26(22)23/h5-9,11-13,20H,10,14-19,21H2,1-4H3. The van der Waals surface area contributed by atoms with Gasteiger partial charge >= 0.3 is 0 Å². The summed E-state index contributed by atoms with van der Waals surface area (Å²) < 4.78 is 5.43. The number of hydrogen-bond donors (Lipinski definition) is 0. The number of piperidine rings is 1. The van der Waals surface area contributed by atoms with Crippen LogP contribution >= 0.6 is 0 Å². The molecule has 2 aromatic carbocycles. The van der Waals surface area contributed by atoms with E-state index in [1.54, 1.807) is 7.11 Å². The molecule has 1 aliphatic heterocycles. The highest BCUT2D eigenvalue weighted by atomic mass is 16.5. The van der Waals surface area contributed by atoms with Crippen LogP contribution in [0.4, 0.5) is 0 Å². The molecule has 0 bridgehead atoms. The van der Waals surface area contributed by atoms with Crippen molar-refractivity contribution in [3.05, 3.63) is 71.3 Å². The zero-order chi connectivity index (χ0) is 21.8. The highest BCUT2D eigenvalue weighted by molar-refractivity contribution is 5.75. The molecule has 2 aliphatic rings. The average molecular weight is 420 g/mol. The Bertz CT molecular complexity index is 898. The topological polar surface area (TPSA) is 19.0 Å². The third kappa shape index (κ3) is 4.72. The number of ether oxygens (including phenoxy) is 1. The smallest absolute Gasteiger partial charge is 0.119 e. The van der Waals surface area contributed by atoms with Crippen molar-refractivity contribution in [1.82, 2.24) is 14.7 Å². The van der Waals surface area contributed by atoms with Gasteiger partial charge in [-0.05, 0) is 74.8 Å². The van der Waals surface area contributed by atoms with E-state index in [-0.39, 0.29) is 5.54 Å². The minimum absolute atomic E-state index is 0.168. The Hall–Kier alpha value is -2.14. The molecule has 166 valence electrons. The molecule has 1 aliphatic carbocycles. The first-order valence-electron chi connectivity index (χ1n) is 11.5. The second-order valence-corrected chi connectivity index (χ2v) is 9.33. The molecule has 0 amide bonds. The molecule has 31 heavy (non-hydrogen) atoms. The lowest BCUT2D eigenvalue weighted by Gasteiger charge is -2.47. The fraction of sp³-hybridized carbons (Fsp3) is 0.481. The Kier molecular flexibility index (Phi) is 6.80. The number of methoxy groups -OCH3 is 1. The summed E-state index contributed by atoms with van der Waals surface area (Å²) in [5.74, 6) is 0.949. The summed E-state index contributed by atoms with van der Waals surface area (Å²) in [4.78, 5) is 7.54. The summed E-state index contributed by atoms with van der Waals surface area (Å²) in [6.07, 6.45) is 5.80. The molecule has 0 saturated carbocycles. The number of nitrogens with zero attached hydrogens (tertiary/aromatic N) is 3. The summed E-state index contributed by atoms with van der Waals surface area (Å²) in [6.45, 7) is 5.54. The Labute approximate surface area is 188 Å². The fourth-order valence-electron chi connectivity index (χ4n) is 5.22. The van der Waals surface area contributed by atoms with Crippen LogP contribution in [0.25, 0.3) is 5.57 Å². The normalized spacial score (nSPS) is 18.3. The van der Waals surface area contributed by atoms with E-state index in [1.807, 2.05) is 0 Å². The van der Waals surface area contributed by atoms with Gasteiger partial charge in [0, 0.05) is 38.3 Å². The monoisotopic (exact) mass is 419 g/mol. The van der Waals surface area contributed by atoms with E-state index in [2.05, 4.69) is 90.4 Å². The first-order valence-corrected chi connectivity index (χ1v) is 11.5. The van der Waals surface area contributed by atoms with Crippen LogP contribution in [0.1, 0.15) is 29.5 Å². The van der Waals surface area contributed by atoms with Crippen molar-refractivity contribution in [3.8, 4) is 5.75 Å². The van der Waals surface area contributed by atoms with E-state index >= 15 is 0 Å². The number of fused-ring (bicyclic) bond motifs is 1. The highest BCUT2D eigenvalue weighted by Crippen LogP contribution is 2.37. The van der Waals surface area contributed by atoms with Crippen molar-refractivity contribution in [2.24, 2.45) is 0 Å². The highest BCUT2D eigenvalue weighted by Gasteiger charge is 2.37. The molecule has 1 saturated heterocycles. The minimum atomic E-state index is 0.168. The Balaban J connectivity index is 1.30. The molecule has 1 fully saturated rings. The third-order valence-corrected chi connectivity index (χ3v) is 7.32. The molecular weight excluding hydrogens is 382 g/mol. The van der Waals surface area contributed by atoms with Crippen molar-refractivity contribution in [2.75, 3.05) is 61.0 Å². The second-order valence-electron chi connectivity index (χ2n) is 9.33. The van der Waals surface area contributed by atoms with Crippen LogP contribution in [0.15, 0.2) is 54.6 Å². The lowest BCUT2D eigenvalue weighted by molar-refractivity contribution is 0.0511. The largest absolute Gasteiger partial charge is 0.497 e. The minimum Gasteiger partial charge on any atom is -0.497 e. The number of hydrogen-bond acceptors (Lipinski definition) is 4. The molecular formula is C27H37N3O. The molecule has 4 heteroatoms. The van der Waals surface area contributed by atoms with E-state index in [0.29, 0.717) is 0 Å². The summed E-state index contributed by atoms with van der Waals surface area (Å²) in [5.41, 5.74) is 5.84. The fourth-order valence-corrected chi connectivity index (χ4v) is 5.22. The van der Waals surface area contributed by atoms with Gasteiger partial charge in [0.05, 0.1) is 7.11 Å². The summed E-state index contributed by atoms with van der Waals surface area (Å²) in [5, 5.41) is 0. The number of rotatable bonds is 8. The second kappa shape index (κ2) is 9.56. The van der Waals surface area contributed by atoms with E-state index < -0.39 is 0 Å². The first-order chi connectivity index (χ1) is 15.0. The van der Waals surface area contributed by atoms with Gasteiger partial charge < -0.3 is 14.5 Å². The molecule has 0 radical (unpaired) electrons. The number of likely N-dealkylation sites (tertiary alicyclic amines) is 1. The zero-order valence-electron chi connectivity index (χ0n) is 19.6. The zero-order valence-corrected chi connectivity index (χ0v) is 19.6. The lowest BCUT2D eigenvalue weighted by Crippen LogP contribution is -2.51. The third-order valence-electron chi connectivity index (χ3n) is 7.32. The van der Waals surface area contributed by atoms with Gasteiger partial charge in [-0.1, -0.05) is 42.5 Å². The molecule has 1 heterocycles. The van der Waals surface area contributed by atoms with Crippen molar-refractivity contribution in [1.29, 1.82) is 0 Å². The van der Waals surface area contributed by atoms with Gasteiger partial charge in [0.25, 0.3) is 0 Å². The van der Waals surface area contributed by atoms with E-state index in [0.717, 1.165) is 44.9 Å². The van der Waals surface area contributed by atoms with Gasteiger partial charge in [0.15, 0.2) is 0 Å². The van der Waals surface area contributed by atoms with Gasteiger partial charge in [0.2, 0.25) is 0 Å². The molecule has 0 spiro atoms. The van der Waals surface area contributed by atoms with Gasteiger partial charge in [-0.25, -0.2) is 0 Å². The molecule has 4 rings (SSSR count). The molecule has 4 nitrogen and oxygen atoms in total. The van der Waals surface area contributed by atoms with Crippen LogP contribution in [0.3, 0.4) is 0 Å². The SMILES string of the molecule is COc1ccc2c(c1)C(CN(C)CCN1CCC(c3ccccc3)(N(C)C)CC1)=CC2. The quantitative estimate of drug-likeness (QED) is 0.641. The van der Waals surface area contributed by atoms with E-state index in [4.69, 9.17) is 4.74 Å². The van der Waals surface area contributed by atoms with E-state index in [9.17, 15) is 0 Å². The molecule has 0 unspecified atom stereocenters. The number of likely N-dealkylation sites (N-methyl/N-ethyl adjacent to an activating group) is 1. The van der Waals surface area contributed by atoms with Crippen molar-refractivity contribution in [2.45, 2.75) is 24.8 Å². The van der Waals surface area contributed by atoms with Crippen molar-refractivity contribution >= 4 is 5.57 Å². The van der Waals surface area contributed by atoms with Gasteiger partial charge in [-0.2, -0.15) is 0 Å². The molecule has 0 aromatic heterocycles. The maximum Gasteiger partial charge on any atom is 0.119 e. The Morgan fingerprint density at radius 1 is 1.00 bits per heavy atom. The van der Waals surface area contributed by atoms with Crippen LogP contribution in [0, 0.1) is 0 Å². The molecule has 2 aromatic rings. The maximum absolute atomic E-state index is 5.43. The van der Waals surface area contributed by atoms with Gasteiger partial charge in [-0.3, -0.25) is 4.90 Å². The summed E-state index contributed by atoms with van der Waals surface area (Å²) in [6, 6.07) is 17.5. The number of benzene rings is 2. The predicted octanol–water partition coefficient (Wildman–Crippen LogP) is 4.12. The van der Waals surface area contributed by atoms with E-state index in [1.165, 1.54) is 35.1 Å². The average Bonchev–Trinajstić information content (AvgIpc) is 3.20. The van der Waals surface area contributed by atoms with Crippen LogP contribution in [-0.2, 0) is 12.0 Å². The molecule has 0 atom stereocenters. The van der Waals surface area contributed by atoms with Crippen LogP contribution < -0.4 is 4.74 Å². The summed E-state index contributed by atoms with van der Waals surface area (Å²) in [7, 11) is 8.46. The first kappa shape index (κ1) is 22.1. The van der Waals surface area contributed by atoms with Crippen LogP contribution in [-0.4, -0.2) is 75.7 Å².